The Morgan fingerprint density at radius 1 is 1.25 bits per heavy atom. The average molecular weight is 383 g/mol. The van der Waals surface area contributed by atoms with Gasteiger partial charge in [-0.15, -0.1) is 0 Å². The summed E-state index contributed by atoms with van der Waals surface area (Å²) in [6, 6.07) is 13.0. The van der Waals surface area contributed by atoms with Crippen molar-refractivity contribution in [1.82, 2.24) is 5.16 Å². The highest BCUT2D eigenvalue weighted by Crippen LogP contribution is 2.27. The number of anilines is 1. The zero-order valence-corrected chi connectivity index (χ0v) is 15.8. The minimum absolute atomic E-state index is 0.0943. The Bertz CT molecular complexity index is 992. The zero-order valence-electron chi connectivity index (χ0n) is 15.8. The summed E-state index contributed by atoms with van der Waals surface area (Å²) in [5, 5.41) is 18.5. The number of carbonyl (C=O) groups excluding carboxylic acids is 1. The molecule has 1 aromatic heterocycles. The Kier molecular flexibility index (Phi) is 5.30. The first kappa shape index (κ1) is 19.3. The van der Waals surface area contributed by atoms with E-state index >= 15 is 0 Å². The van der Waals surface area contributed by atoms with Crippen molar-refractivity contribution in [2.45, 2.75) is 38.8 Å². The molecule has 0 aliphatic heterocycles. The van der Waals surface area contributed by atoms with Crippen molar-refractivity contribution >= 4 is 28.4 Å². The summed E-state index contributed by atoms with van der Waals surface area (Å²) in [4.78, 5) is 23.2. The van der Waals surface area contributed by atoms with Gasteiger partial charge in [0.05, 0.1) is 16.4 Å². The summed E-state index contributed by atoms with van der Waals surface area (Å²) in [7, 11) is 0. The second-order valence-corrected chi connectivity index (χ2v) is 7.39. The molecule has 0 aliphatic rings. The number of non-ortho nitro benzene ring substituents is 1. The minimum Gasteiger partial charge on any atom is -0.458 e. The van der Waals surface area contributed by atoms with E-state index in [0.717, 1.165) is 5.56 Å². The fourth-order valence-corrected chi connectivity index (χ4v) is 2.72. The van der Waals surface area contributed by atoms with Gasteiger partial charge in [-0.1, -0.05) is 35.5 Å². The molecule has 0 fully saturated rings. The molecule has 28 heavy (non-hydrogen) atoms. The molecule has 0 radical (unpaired) electrons. The molecule has 2 aromatic carbocycles. The fraction of sp³-hybridized carbons (Fsp3) is 0.300. The smallest absolute Gasteiger partial charge is 0.329 e. The maximum Gasteiger partial charge on any atom is 0.329 e. The van der Waals surface area contributed by atoms with Crippen molar-refractivity contribution in [3.63, 3.8) is 0 Å². The van der Waals surface area contributed by atoms with Crippen LogP contribution < -0.4 is 5.32 Å². The van der Waals surface area contributed by atoms with E-state index in [1.807, 2.05) is 30.3 Å². The van der Waals surface area contributed by atoms with E-state index in [2.05, 4.69) is 10.5 Å². The first-order valence-electron chi connectivity index (χ1n) is 8.80. The second kappa shape index (κ2) is 7.67. The van der Waals surface area contributed by atoms with Crippen LogP contribution in [0.3, 0.4) is 0 Å². The number of nitrogens with one attached hydrogen (secondary N) is 1. The molecule has 1 heterocycles. The SMILES string of the molecule is CC(C)(C)OC(=O)C(Cc1ccccc1)Nc1noc2cc([N+](=O)[O-])ccc12. The molecule has 1 atom stereocenters. The minimum atomic E-state index is -0.704. The van der Waals surface area contributed by atoms with Gasteiger partial charge in [-0.05, 0) is 32.4 Å². The van der Waals surface area contributed by atoms with Gasteiger partial charge in [-0.25, -0.2) is 4.79 Å². The molecule has 0 saturated carbocycles. The van der Waals surface area contributed by atoms with Gasteiger partial charge in [-0.3, -0.25) is 10.1 Å². The van der Waals surface area contributed by atoms with Gasteiger partial charge in [0.2, 0.25) is 0 Å². The number of aromatic nitrogens is 1. The topological polar surface area (TPSA) is 108 Å². The number of fused-ring (bicyclic) bond motifs is 1. The molecule has 3 rings (SSSR count). The lowest BCUT2D eigenvalue weighted by atomic mass is 10.1. The van der Waals surface area contributed by atoms with Gasteiger partial charge >= 0.3 is 5.97 Å². The number of hydrogen-bond donors (Lipinski definition) is 1. The van der Waals surface area contributed by atoms with Gasteiger partial charge < -0.3 is 14.6 Å². The number of nitro groups is 1. The summed E-state index contributed by atoms with van der Waals surface area (Å²) >= 11 is 0. The number of hydrogen-bond acceptors (Lipinski definition) is 7. The number of carbonyl (C=O) groups is 1. The van der Waals surface area contributed by atoms with Crippen LogP contribution in [0.25, 0.3) is 11.0 Å². The summed E-state index contributed by atoms with van der Waals surface area (Å²) in [5.74, 6) is -0.0916. The lowest BCUT2D eigenvalue weighted by molar-refractivity contribution is -0.384. The maximum absolute atomic E-state index is 12.7. The third-order valence-electron chi connectivity index (χ3n) is 3.95. The molecule has 0 saturated heterocycles. The lowest BCUT2D eigenvalue weighted by Gasteiger charge is -2.24. The zero-order chi connectivity index (χ0) is 20.3. The van der Waals surface area contributed by atoms with E-state index in [0.29, 0.717) is 17.6 Å². The largest absolute Gasteiger partial charge is 0.458 e. The van der Waals surface area contributed by atoms with Crippen LogP contribution in [-0.4, -0.2) is 27.7 Å². The molecule has 1 unspecified atom stereocenters. The van der Waals surface area contributed by atoms with E-state index in [1.165, 1.54) is 12.1 Å². The molecular weight excluding hydrogens is 362 g/mol. The number of benzene rings is 2. The molecule has 0 aliphatic carbocycles. The lowest BCUT2D eigenvalue weighted by Crippen LogP contribution is -2.38. The first-order valence-corrected chi connectivity index (χ1v) is 8.80. The van der Waals surface area contributed by atoms with Gasteiger partial charge in [0.25, 0.3) is 5.69 Å². The molecule has 0 bridgehead atoms. The van der Waals surface area contributed by atoms with Crippen LogP contribution in [0.15, 0.2) is 53.1 Å². The van der Waals surface area contributed by atoms with Gasteiger partial charge in [-0.2, -0.15) is 0 Å². The monoisotopic (exact) mass is 383 g/mol. The normalized spacial score (nSPS) is 12.5. The van der Waals surface area contributed by atoms with Crippen LogP contribution in [0.4, 0.5) is 11.5 Å². The average Bonchev–Trinajstić information content (AvgIpc) is 3.02. The Morgan fingerprint density at radius 3 is 2.61 bits per heavy atom. The van der Waals surface area contributed by atoms with Crippen LogP contribution in [0.2, 0.25) is 0 Å². The van der Waals surface area contributed by atoms with Gasteiger partial charge in [0.15, 0.2) is 11.4 Å². The summed E-state index contributed by atoms with van der Waals surface area (Å²) < 4.78 is 10.7. The van der Waals surface area contributed by atoms with Crippen molar-refractivity contribution in [1.29, 1.82) is 0 Å². The molecule has 0 amide bonds. The molecule has 146 valence electrons. The predicted octanol–water partition coefficient (Wildman–Crippen LogP) is 4.10. The highest BCUT2D eigenvalue weighted by atomic mass is 16.6. The molecule has 3 aromatic rings. The first-order chi connectivity index (χ1) is 13.2. The van der Waals surface area contributed by atoms with E-state index in [-0.39, 0.29) is 11.3 Å². The quantitative estimate of drug-likeness (QED) is 0.388. The van der Waals surface area contributed by atoms with Crippen LogP contribution in [0.1, 0.15) is 26.3 Å². The maximum atomic E-state index is 12.7. The van der Waals surface area contributed by atoms with Gasteiger partial charge in [0.1, 0.15) is 11.6 Å². The van der Waals surface area contributed by atoms with E-state index in [4.69, 9.17) is 9.26 Å². The Hall–Kier alpha value is -3.42. The van der Waals surface area contributed by atoms with E-state index in [9.17, 15) is 14.9 Å². The predicted molar refractivity (Wildman–Crippen MR) is 104 cm³/mol. The molecule has 8 heteroatoms. The third kappa shape index (κ3) is 4.64. The van der Waals surface area contributed by atoms with Crippen molar-refractivity contribution in [3.8, 4) is 0 Å². The van der Waals surface area contributed by atoms with Crippen molar-refractivity contribution in [3.05, 3.63) is 64.2 Å². The van der Waals surface area contributed by atoms with Crippen molar-refractivity contribution in [2.75, 3.05) is 5.32 Å². The highest BCUT2D eigenvalue weighted by Gasteiger charge is 2.27. The number of nitrogens with zero attached hydrogens (tertiary/aromatic N) is 2. The molecule has 1 N–H and O–H groups in total. The molecule has 0 spiro atoms. The van der Waals surface area contributed by atoms with Crippen molar-refractivity contribution < 1.29 is 19.0 Å². The standard InChI is InChI=1S/C20H21N3O5/c1-20(2,3)27-19(24)16(11-13-7-5-4-6-8-13)21-18-15-10-9-14(23(25)26)12-17(15)28-22-18/h4-10,12,16H,11H2,1-3H3,(H,21,22). The van der Waals surface area contributed by atoms with Crippen LogP contribution in [0.5, 0.6) is 0 Å². The van der Waals surface area contributed by atoms with Crippen LogP contribution >= 0.6 is 0 Å². The second-order valence-electron chi connectivity index (χ2n) is 7.39. The molecule has 8 nitrogen and oxygen atoms in total. The van der Waals surface area contributed by atoms with E-state index in [1.54, 1.807) is 26.8 Å². The third-order valence-corrected chi connectivity index (χ3v) is 3.95. The number of ether oxygens (including phenoxy) is 1. The molecular formula is C20H21N3O5. The van der Waals surface area contributed by atoms with Crippen molar-refractivity contribution in [2.24, 2.45) is 0 Å². The fourth-order valence-electron chi connectivity index (χ4n) is 2.72. The van der Waals surface area contributed by atoms with Crippen LogP contribution in [-0.2, 0) is 16.0 Å². The van der Waals surface area contributed by atoms with E-state index < -0.39 is 22.5 Å². The Labute approximate surface area is 161 Å². The van der Waals surface area contributed by atoms with Crippen LogP contribution in [0, 0.1) is 10.1 Å². The number of nitro benzene ring substituents is 1. The summed E-state index contributed by atoms with van der Waals surface area (Å²) in [5.41, 5.74) is 0.483. The highest BCUT2D eigenvalue weighted by molar-refractivity contribution is 5.91. The summed E-state index contributed by atoms with van der Waals surface area (Å²) in [6.45, 7) is 5.40. The van der Waals surface area contributed by atoms with Gasteiger partial charge in [0, 0.05) is 12.5 Å². The Balaban J connectivity index is 1.89. The number of rotatable bonds is 6. The number of esters is 1. The Morgan fingerprint density at radius 2 is 1.96 bits per heavy atom. The summed E-state index contributed by atoms with van der Waals surface area (Å²) in [6.07, 6.45) is 0.386.